The molecule has 2 aromatic carbocycles. The quantitative estimate of drug-likeness (QED) is 0.829. The SMILES string of the molecule is N=C1c2ccccc2CN1c1ccc(F)cc1Cl. The molecular weight excluding hydrogens is 251 g/mol. The Labute approximate surface area is 109 Å². The van der Waals surface area contributed by atoms with E-state index in [1.54, 1.807) is 11.0 Å². The van der Waals surface area contributed by atoms with Gasteiger partial charge < -0.3 is 4.90 Å². The summed E-state index contributed by atoms with van der Waals surface area (Å²) < 4.78 is 13.0. The Morgan fingerprint density at radius 3 is 2.67 bits per heavy atom. The van der Waals surface area contributed by atoms with Gasteiger partial charge in [-0.05, 0) is 23.8 Å². The lowest BCUT2D eigenvalue weighted by Gasteiger charge is -2.19. The minimum Gasteiger partial charge on any atom is -0.320 e. The zero-order valence-corrected chi connectivity index (χ0v) is 10.2. The van der Waals surface area contributed by atoms with Gasteiger partial charge in [-0.25, -0.2) is 4.39 Å². The molecule has 2 aromatic rings. The zero-order valence-electron chi connectivity index (χ0n) is 9.45. The van der Waals surface area contributed by atoms with E-state index in [4.69, 9.17) is 17.0 Å². The Kier molecular flexibility index (Phi) is 2.56. The van der Waals surface area contributed by atoms with Gasteiger partial charge in [0, 0.05) is 5.56 Å². The standard InChI is InChI=1S/C14H10ClFN2/c15-12-7-10(16)5-6-13(12)18-8-9-3-1-2-4-11(9)14(18)17/h1-7,17H,8H2. The molecule has 0 atom stereocenters. The maximum absolute atomic E-state index is 13.0. The van der Waals surface area contributed by atoms with Crippen molar-refractivity contribution in [2.75, 3.05) is 4.90 Å². The van der Waals surface area contributed by atoms with Crippen molar-refractivity contribution in [3.05, 3.63) is 64.4 Å². The summed E-state index contributed by atoms with van der Waals surface area (Å²) in [4.78, 5) is 1.78. The van der Waals surface area contributed by atoms with Crippen molar-refractivity contribution in [2.24, 2.45) is 0 Å². The molecule has 18 heavy (non-hydrogen) atoms. The van der Waals surface area contributed by atoms with Crippen LogP contribution in [0.25, 0.3) is 0 Å². The predicted octanol–water partition coefficient (Wildman–Crippen LogP) is 3.82. The number of amidine groups is 1. The molecule has 0 aromatic heterocycles. The Morgan fingerprint density at radius 1 is 1.17 bits per heavy atom. The smallest absolute Gasteiger partial charge is 0.133 e. The number of nitrogens with zero attached hydrogens (tertiary/aromatic N) is 1. The summed E-state index contributed by atoms with van der Waals surface area (Å²) in [5.41, 5.74) is 2.65. The first kappa shape index (κ1) is 11.2. The van der Waals surface area contributed by atoms with E-state index in [0.717, 1.165) is 11.1 Å². The van der Waals surface area contributed by atoms with Crippen molar-refractivity contribution in [1.29, 1.82) is 5.41 Å². The van der Waals surface area contributed by atoms with E-state index >= 15 is 0 Å². The van der Waals surface area contributed by atoms with Gasteiger partial charge in [0.25, 0.3) is 0 Å². The molecule has 0 spiro atoms. The molecule has 1 heterocycles. The largest absolute Gasteiger partial charge is 0.320 e. The number of hydrogen-bond donors (Lipinski definition) is 1. The first-order valence-electron chi connectivity index (χ1n) is 5.56. The third-order valence-corrected chi connectivity index (χ3v) is 3.37. The minimum absolute atomic E-state index is 0.326. The van der Waals surface area contributed by atoms with Crippen LogP contribution in [0.1, 0.15) is 11.1 Å². The number of halogens is 2. The molecule has 1 N–H and O–H groups in total. The molecule has 1 aliphatic heterocycles. The second-order valence-corrected chi connectivity index (χ2v) is 4.59. The first-order chi connectivity index (χ1) is 8.66. The molecule has 0 unspecified atom stereocenters. The number of rotatable bonds is 1. The van der Waals surface area contributed by atoms with Crippen molar-refractivity contribution < 1.29 is 4.39 Å². The van der Waals surface area contributed by atoms with Gasteiger partial charge in [-0.3, -0.25) is 5.41 Å². The molecule has 0 saturated carbocycles. The fourth-order valence-corrected chi connectivity index (χ4v) is 2.46. The molecule has 0 bridgehead atoms. The molecule has 2 nitrogen and oxygen atoms in total. The van der Waals surface area contributed by atoms with Gasteiger partial charge in [-0.15, -0.1) is 0 Å². The summed E-state index contributed by atoms with van der Waals surface area (Å²) in [6.07, 6.45) is 0. The molecule has 0 saturated heterocycles. The Balaban J connectivity index is 2.04. The highest BCUT2D eigenvalue weighted by molar-refractivity contribution is 6.34. The maximum Gasteiger partial charge on any atom is 0.133 e. The van der Waals surface area contributed by atoms with Gasteiger partial charge in [-0.1, -0.05) is 35.9 Å². The normalized spacial score (nSPS) is 13.9. The van der Waals surface area contributed by atoms with Crippen LogP contribution in [-0.2, 0) is 6.54 Å². The lowest BCUT2D eigenvalue weighted by atomic mass is 10.1. The van der Waals surface area contributed by atoms with Crippen molar-refractivity contribution in [2.45, 2.75) is 6.54 Å². The summed E-state index contributed by atoms with van der Waals surface area (Å²) in [7, 11) is 0. The van der Waals surface area contributed by atoms with Crippen molar-refractivity contribution in [1.82, 2.24) is 0 Å². The summed E-state index contributed by atoms with van der Waals surface area (Å²) in [6, 6.07) is 12.0. The lowest BCUT2D eigenvalue weighted by molar-refractivity contribution is 0.628. The molecule has 0 fully saturated rings. The minimum atomic E-state index is -0.369. The Morgan fingerprint density at radius 2 is 1.94 bits per heavy atom. The number of hydrogen-bond acceptors (Lipinski definition) is 1. The highest BCUT2D eigenvalue weighted by Gasteiger charge is 2.26. The second-order valence-electron chi connectivity index (χ2n) is 4.19. The number of anilines is 1. The Bertz CT molecular complexity index is 639. The van der Waals surface area contributed by atoms with Gasteiger partial charge in [0.2, 0.25) is 0 Å². The van der Waals surface area contributed by atoms with Crippen LogP contribution >= 0.6 is 11.6 Å². The summed E-state index contributed by atoms with van der Waals surface area (Å²) in [5.74, 6) is 0.0334. The molecule has 3 rings (SSSR count). The lowest BCUT2D eigenvalue weighted by Crippen LogP contribution is -2.23. The third-order valence-electron chi connectivity index (χ3n) is 3.07. The first-order valence-corrected chi connectivity index (χ1v) is 5.94. The monoisotopic (exact) mass is 260 g/mol. The van der Waals surface area contributed by atoms with Crippen LogP contribution in [0.5, 0.6) is 0 Å². The predicted molar refractivity (Wildman–Crippen MR) is 70.9 cm³/mol. The molecule has 0 radical (unpaired) electrons. The molecule has 0 amide bonds. The highest BCUT2D eigenvalue weighted by atomic mass is 35.5. The average Bonchev–Trinajstić information content (AvgIpc) is 2.68. The molecule has 0 aliphatic carbocycles. The molecule has 90 valence electrons. The Hall–Kier alpha value is -1.87. The van der Waals surface area contributed by atoms with E-state index < -0.39 is 0 Å². The zero-order chi connectivity index (χ0) is 12.7. The van der Waals surface area contributed by atoms with Crippen molar-refractivity contribution in [3.63, 3.8) is 0 Å². The fourth-order valence-electron chi connectivity index (χ4n) is 2.19. The molecule has 1 aliphatic rings. The van der Waals surface area contributed by atoms with E-state index in [-0.39, 0.29) is 5.82 Å². The molecule has 4 heteroatoms. The summed E-state index contributed by atoms with van der Waals surface area (Å²) in [5, 5.41) is 8.48. The van der Waals surface area contributed by atoms with Crippen LogP contribution in [0.3, 0.4) is 0 Å². The maximum atomic E-state index is 13.0. The van der Waals surface area contributed by atoms with Gasteiger partial charge in [0.05, 0.1) is 17.3 Å². The third kappa shape index (κ3) is 1.68. The van der Waals surface area contributed by atoms with Crippen LogP contribution in [0.15, 0.2) is 42.5 Å². The van der Waals surface area contributed by atoms with E-state index in [0.29, 0.717) is 23.1 Å². The van der Waals surface area contributed by atoms with Gasteiger partial charge in [0.1, 0.15) is 11.7 Å². The van der Waals surface area contributed by atoms with E-state index in [1.807, 2.05) is 24.3 Å². The van der Waals surface area contributed by atoms with Crippen molar-refractivity contribution in [3.8, 4) is 0 Å². The number of benzene rings is 2. The number of fused-ring (bicyclic) bond motifs is 1. The van der Waals surface area contributed by atoms with Gasteiger partial charge in [0.15, 0.2) is 0 Å². The van der Waals surface area contributed by atoms with E-state index in [9.17, 15) is 4.39 Å². The summed E-state index contributed by atoms with van der Waals surface area (Å²) >= 11 is 6.04. The van der Waals surface area contributed by atoms with Crippen LogP contribution in [0, 0.1) is 11.2 Å². The van der Waals surface area contributed by atoms with E-state index in [1.165, 1.54) is 12.1 Å². The van der Waals surface area contributed by atoms with Crippen LogP contribution in [0.4, 0.5) is 10.1 Å². The van der Waals surface area contributed by atoms with Crippen molar-refractivity contribution >= 4 is 23.1 Å². The highest BCUT2D eigenvalue weighted by Crippen LogP contribution is 2.33. The van der Waals surface area contributed by atoms with Gasteiger partial charge >= 0.3 is 0 Å². The second kappa shape index (κ2) is 4.10. The average molecular weight is 261 g/mol. The van der Waals surface area contributed by atoms with Crippen LogP contribution < -0.4 is 4.90 Å². The fraction of sp³-hybridized carbons (Fsp3) is 0.0714. The van der Waals surface area contributed by atoms with Crippen LogP contribution in [0.2, 0.25) is 5.02 Å². The number of nitrogens with one attached hydrogen (secondary N) is 1. The topological polar surface area (TPSA) is 27.1 Å². The molecular formula is C14H10ClFN2. The van der Waals surface area contributed by atoms with E-state index in [2.05, 4.69) is 0 Å². The van der Waals surface area contributed by atoms with Gasteiger partial charge in [-0.2, -0.15) is 0 Å². The summed E-state index contributed by atoms with van der Waals surface area (Å²) in [6.45, 7) is 0.598. The van der Waals surface area contributed by atoms with Crippen LogP contribution in [-0.4, -0.2) is 5.84 Å².